The Morgan fingerprint density at radius 2 is 2.30 bits per heavy atom. The maximum atomic E-state index is 13.0. The van der Waals surface area contributed by atoms with Gasteiger partial charge in [-0.05, 0) is 25.4 Å². The second-order valence-corrected chi connectivity index (χ2v) is 3.18. The van der Waals surface area contributed by atoms with Gasteiger partial charge in [0.1, 0.15) is 6.17 Å². The predicted molar refractivity (Wildman–Crippen MR) is 40.8 cm³/mol. The lowest BCUT2D eigenvalue weighted by atomic mass is 9.97. The summed E-state index contributed by atoms with van der Waals surface area (Å²) in [4.78, 5) is 2.17. The van der Waals surface area contributed by atoms with E-state index in [9.17, 15) is 4.39 Å². The molecule has 0 N–H and O–H groups in total. The lowest BCUT2D eigenvalue weighted by Gasteiger charge is -2.31. The van der Waals surface area contributed by atoms with Crippen molar-refractivity contribution in [1.29, 1.82) is 0 Å². The first-order chi connectivity index (χ1) is 4.74. The van der Waals surface area contributed by atoms with Crippen molar-refractivity contribution in [2.75, 3.05) is 19.6 Å². The van der Waals surface area contributed by atoms with Crippen LogP contribution < -0.4 is 0 Å². The molecule has 2 atom stereocenters. The summed E-state index contributed by atoms with van der Waals surface area (Å²) in [6.07, 6.45) is 0.434. The highest BCUT2D eigenvalue weighted by Crippen LogP contribution is 2.18. The van der Waals surface area contributed by atoms with E-state index in [0.29, 0.717) is 6.54 Å². The maximum absolute atomic E-state index is 13.0. The van der Waals surface area contributed by atoms with E-state index in [1.807, 2.05) is 6.92 Å². The number of piperidine rings is 1. The molecule has 0 bridgehead atoms. The van der Waals surface area contributed by atoms with Gasteiger partial charge in [-0.25, -0.2) is 4.39 Å². The van der Waals surface area contributed by atoms with Gasteiger partial charge in [-0.2, -0.15) is 0 Å². The lowest BCUT2D eigenvalue weighted by molar-refractivity contribution is 0.0975. The Balaban J connectivity index is 2.33. The fourth-order valence-corrected chi connectivity index (χ4v) is 1.37. The normalized spacial score (nSPS) is 36.3. The fraction of sp³-hybridized carbons (Fsp3) is 1.00. The van der Waals surface area contributed by atoms with Gasteiger partial charge in [0.15, 0.2) is 0 Å². The Morgan fingerprint density at radius 1 is 1.60 bits per heavy atom. The van der Waals surface area contributed by atoms with E-state index in [-0.39, 0.29) is 5.92 Å². The van der Waals surface area contributed by atoms with Crippen LogP contribution in [0.2, 0.25) is 0 Å². The molecule has 1 fully saturated rings. The Hall–Kier alpha value is -0.110. The molecule has 0 aromatic heterocycles. The first-order valence-corrected chi connectivity index (χ1v) is 4.10. The zero-order valence-corrected chi connectivity index (χ0v) is 6.81. The Kier molecular flexibility index (Phi) is 2.66. The molecular formula is C8H16FN. The number of likely N-dealkylation sites (tertiary alicyclic amines) is 1. The number of hydrogen-bond donors (Lipinski definition) is 0. The standard InChI is InChI=1S/C8H16FN/c1-3-10-5-4-7(2)8(9)6-10/h7-8H,3-6H2,1-2H3/t7-,8+/m0/s1. The first-order valence-electron chi connectivity index (χ1n) is 4.10. The molecule has 0 aromatic carbocycles. The minimum Gasteiger partial charge on any atom is -0.301 e. The average Bonchev–Trinajstić information content (AvgIpc) is 1.95. The average molecular weight is 145 g/mol. The van der Waals surface area contributed by atoms with Crippen LogP contribution in [0.15, 0.2) is 0 Å². The number of nitrogens with zero attached hydrogens (tertiary/aromatic N) is 1. The van der Waals surface area contributed by atoms with Crippen molar-refractivity contribution >= 4 is 0 Å². The molecule has 1 nitrogen and oxygen atoms in total. The molecule has 0 unspecified atom stereocenters. The minimum absolute atomic E-state index is 0.280. The Morgan fingerprint density at radius 3 is 2.80 bits per heavy atom. The molecule has 0 aromatic rings. The Labute approximate surface area is 62.2 Å². The highest BCUT2D eigenvalue weighted by atomic mass is 19.1. The fourth-order valence-electron chi connectivity index (χ4n) is 1.37. The number of hydrogen-bond acceptors (Lipinski definition) is 1. The van der Waals surface area contributed by atoms with E-state index in [1.165, 1.54) is 0 Å². The quantitative estimate of drug-likeness (QED) is 0.542. The van der Waals surface area contributed by atoms with Crippen LogP contribution in [0.5, 0.6) is 0 Å². The zero-order chi connectivity index (χ0) is 7.56. The van der Waals surface area contributed by atoms with Crippen molar-refractivity contribution in [3.8, 4) is 0 Å². The summed E-state index contributed by atoms with van der Waals surface area (Å²) in [5.41, 5.74) is 0. The van der Waals surface area contributed by atoms with Gasteiger partial charge in [-0.3, -0.25) is 0 Å². The van der Waals surface area contributed by atoms with Gasteiger partial charge in [0.05, 0.1) is 0 Å². The highest BCUT2D eigenvalue weighted by Gasteiger charge is 2.24. The topological polar surface area (TPSA) is 3.24 Å². The van der Waals surface area contributed by atoms with E-state index >= 15 is 0 Å². The molecule has 0 spiro atoms. The third-order valence-electron chi connectivity index (χ3n) is 2.40. The molecule has 0 radical (unpaired) electrons. The smallest absolute Gasteiger partial charge is 0.115 e. The van der Waals surface area contributed by atoms with E-state index in [0.717, 1.165) is 19.5 Å². The Bertz CT molecular complexity index is 105. The van der Waals surface area contributed by atoms with Gasteiger partial charge in [0.2, 0.25) is 0 Å². The van der Waals surface area contributed by atoms with Gasteiger partial charge < -0.3 is 4.90 Å². The van der Waals surface area contributed by atoms with Crippen LogP contribution in [-0.4, -0.2) is 30.7 Å². The van der Waals surface area contributed by atoms with Crippen LogP contribution in [0.25, 0.3) is 0 Å². The van der Waals surface area contributed by atoms with Crippen molar-refractivity contribution in [2.45, 2.75) is 26.4 Å². The van der Waals surface area contributed by atoms with Crippen LogP contribution in [0.4, 0.5) is 4.39 Å². The van der Waals surface area contributed by atoms with E-state index in [1.54, 1.807) is 0 Å². The molecule has 0 aliphatic carbocycles. The van der Waals surface area contributed by atoms with E-state index in [2.05, 4.69) is 11.8 Å². The van der Waals surface area contributed by atoms with E-state index < -0.39 is 6.17 Å². The molecule has 0 saturated carbocycles. The van der Waals surface area contributed by atoms with Crippen LogP contribution in [0.3, 0.4) is 0 Å². The molecule has 60 valence electrons. The summed E-state index contributed by atoms with van der Waals surface area (Å²) >= 11 is 0. The highest BCUT2D eigenvalue weighted by molar-refractivity contribution is 4.76. The molecule has 1 aliphatic heterocycles. The summed E-state index contributed by atoms with van der Waals surface area (Å²) in [5.74, 6) is 0.280. The van der Waals surface area contributed by atoms with E-state index in [4.69, 9.17) is 0 Å². The number of rotatable bonds is 1. The number of halogens is 1. The largest absolute Gasteiger partial charge is 0.301 e. The molecule has 2 heteroatoms. The summed E-state index contributed by atoms with van der Waals surface area (Å²) in [5, 5.41) is 0. The number of alkyl halides is 1. The van der Waals surface area contributed by atoms with Crippen molar-refractivity contribution in [3.63, 3.8) is 0 Å². The summed E-state index contributed by atoms with van der Waals surface area (Å²) in [6.45, 7) is 6.81. The van der Waals surface area contributed by atoms with Crippen molar-refractivity contribution in [1.82, 2.24) is 4.90 Å². The van der Waals surface area contributed by atoms with Crippen LogP contribution in [-0.2, 0) is 0 Å². The third kappa shape index (κ3) is 1.69. The first kappa shape index (κ1) is 7.99. The van der Waals surface area contributed by atoms with Crippen molar-refractivity contribution in [3.05, 3.63) is 0 Å². The van der Waals surface area contributed by atoms with Gasteiger partial charge in [-0.15, -0.1) is 0 Å². The molecule has 1 rings (SSSR count). The van der Waals surface area contributed by atoms with Crippen LogP contribution >= 0.6 is 0 Å². The minimum atomic E-state index is -0.589. The lowest BCUT2D eigenvalue weighted by Crippen LogP contribution is -2.40. The molecule has 1 aliphatic rings. The van der Waals surface area contributed by atoms with Gasteiger partial charge in [0.25, 0.3) is 0 Å². The van der Waals surface area contributed by atoms with Crippen LogP contribution in [0.1, 0.15) is 20.3 Å². The van der Waals surface area contributed by atoms with Gasteiger partial charge in [0, 0.05) is 6.54 Å². The predicted octanol–water partition coefficient (Wildman–Crippen LogP) is 1.69. The molecule has 10 heavy (non-hydrogen) atoms. The summed E-state index contributed by atoms with van der Waals surface area (Å²) < 4.78 is 13.0. The second-order valence-electron chi connectivity index (χ2n) is 3.18. The molecular weight excluding hydrogens is 129 g/mol. The maximum Gasteiger partial charge on any atom is 0.115 e. The van der Waals surface area contributed by atoms with Gasteiger partial charge >= 0.3 is 0 Å². The van der Waals surface area contributed by atoms with Crippen molar-refractivity contribution in [2.24, 2.45) is 5.92 Å². The van der Waals surface area contributed by atoms with Crippen LogP contribution in [0, 0.1) is 5.92 Å². The van der Waals surface area contributed by atoms with Gasteiger partial charge in [-0.1, -0.05) is 13.8 Å². The SMILES string of the molecule is CCN1CC[C@H](C)[C@H](F)C1. The monoisotopic (exact) mass is 145 g/mol. The summed E-state index contributed by atoms with van der Waals surface area (Å²) in [7, 11) is 0. The molecule has 1 saturated heterocycles. The zero-order valence-electron chi connectivity index (χ0n) is 6.81. The second kappa shape index (κ2) is 3.33. The molecule has 0 amide bonds. The van der Waals surface area contributed by atoms with Crippen molar-refractivity contribution < 1.29 is 4.39 Å². The third-order valence-corrected chi connectivity index (χ3v) is 2.40. The summed E-state index contributed by atoms with van der Waals surface area (Å²) in [6, 6.07) is 0. The molecule has 1 heterocycles.